The summed E-state index contributed by atoms with van der Waals surface area (Å²) >= 11 is 0. The molecule has 0 bridgehead atoms. The second kappa shape index (κ2) is 5.70. The Bertz CT molecular complexity index is 364. The minimum atomic E-state index is -1.24. The molecule has 0 aliphatic carbocycles. The molecule has 0 aromatic carbocycles. The molecule has 0 aromatic rings. The second-order valence-corrected chi connectivity index (χ2v) is 3.74. The van der Waals surface area contributed by atoms with Crippen LogP contribution in [0.25, 0.3) is 0 Å². The van der Waals surface area contributed by atoms with Crippen molar-refractivity contribution in [1.82, 2.24) is 0 Å². The summed E-state index contributed by atoms with van der Waals surface area (Å²) in [6.45, 7) is 1.14. The number of esters is 1. The maximum Gasteiger partial charge on any atom is 0.302 e. The Kier molecular flexibility index (Phi) is 4.53. The molecular weight excluding hydrogens is 224 g/mol. The number of carbonyl (C=O) groups is 1. The zero-order chi connectivity index (χ0) is 13.0. The monoisotopic (exact) mass is 238 g/mol. The first-order valence-electron chi connectivity index (χ1n) is 5.08. The molecule has 0 radical (unpaired) electrons. The van der Waals surface area contributed by atoms with Crippen molar-refractivity contribution in [3.63, 3.8) is 0 Å². The SMILES string of the molecule is C#C[C@H]1[C@H](O)[C@@H](O)[C@@H](C#C)O[C@@H]1COC(C)=O. The number of rotatable bonds is 2. The summed E-state index contributed by atoms with van der Waals surface area (Å²) in [6.07, 6.45) is 6.28. The summed E-state index contributed by atoms with van der Waals surface area (Å²) in [7, 11) is 0. The lowest BCUT2D eigenvalue weighted by Gasteiger charge is -2.38. The van der Waals surface area contributed by atoms with Crippen molar-refractivity contribution in [2.75, 3.05) is 6.61 Å². The highest BCUT2D eigenvalue weighted by atomic mass is 16.6. The molecule has 1 aliphatic heterocycles. The first-order chi connectivity index (χ1) is 8.01. The molecule has 1 aliphatic rings. The second-order valence-electron chi connectivity index (χ2n) is 3.74. The average Bonchev–Trinajstić information content (AvgIpc) is 2.30. The molecule has 5 heteroatoms. The molecule has 1 heterocycles. The smallest absolute Gasteiger partial charge is 0.302 e. The van der Waals surface area contributed by atoms with Gasteiger partial charge in [-0.1, -0.05) is 11.8 Å². The molecule has 0 saturated carbocycles. The third kappa shape index (κ3) is 2.98. The van der Waals surface area contributed by atoms with Crippen LogP contribution in [0, 0.1) is 30.6 Å². The first kappa shape index (κ1) is 13.5. The van der Waals surface area contributed by atoms with Crippen molar-refractivity contribution < 1.29 is 24.5 Å². The normalized spacial score (nSPS) is 36.6. The third-order valence-corrected chi connectivity index (χ3v) is 2.56. The molecule has 1 fully saturated rings. The van der Waals surface area contributed by atoms with Gasteiger partial charge in [0.15, 0.2) is 0 Å². The molecular formula is C12H14O5. The fourth-order valence-corrected chi connectivity index (χ4v) is 1.65. The Morgan fingerprint density at radius 1 is 1.35 bits per heavy atom. The summed E-state index contributed by atoms with van der Waals surface area (Å²) in [4.78, 5) is 10.7. The zero-order valence-corrected chi connectivity index (χ0v) is 9.37. The van der Waals surface area contributed by atoms with E-state index in [0.29, 0.717) is 0 Å². The molecule has 1 rings (SSSR count). The Labute approximate surface area is 99.7 Å². The minimum Gasteiger partial charge on any atom is -0.463 e. The number of carbonyl (C=O) groups excluding carboxylic acids is 1. The van der Waals surface area contributed by atoms with Gasteiger partial charge in [-0.3, -0.25) is 4.79 Å². The lowest BCUT2D eigenvalue weighted by Crippen LogP contribution is -2.54. The van der Waals surface area contributed by atoms with E-state index in [4.69, 9.17) is 22.3 Å². The molecule has 1 saturated heterocycles. The van der Waals surface area contributed by atoms with Crippen molar-refractivity contribution in [2.24, 2.45) is 5.92 Å². The van der Waals surface area contributed by atoms with Gasteiger partial charge in [0.05, 0.1) is 12.0 Å². The molecule has 0 amide bonds. The summed E-state index contributed by atoms with van der Waals surface area (Å²) in [5.41, 5.74) is 0. The highest BCUT2D eigenvalue weighted by Crippen LogP contribution is 2.25. The van der Waals surface area contributed by atoms with Crippen LogP contribution in [0.4, 0.5) is 0 Å². The van der Waals surface area contributed by atoms with Crippen LogP contribution in [0.15, 0.2) is 0 Å². The predicted octanol–water partition coefficient (Wildman–Crippen LogP) is -1.08. The van der Waals surface area contributed by atoms with Crippen molar-refractivity contribution in [3.8, 4) is 24.7 Å². The fraction of sp³-hybridized carbons (Fsp3) is 0.583. The van der Waals surface area contributed by atoms with E-state index in [9.17, 15) is 15.0 Å². The highest BCUT2D eigenvalue weighted by molar-refractivity contribution is 5.65. The molecule has 5 nitrogen and oxygen atoms in total. The topological polar surface area (TPSA) is 76.0 Å². The summed E-state index contributed by atoms with van der Waals surface area (Å²) in [6, 6.07) is 0. The van der Waals surface area contributed by atoms with Crippen LogP contribution < -0.4 is 0 Å². The molecule has 2 N–H and O–H groups in total. The zero-order valence-electron chi connectivity index (χ0n) is 9.37. The molecule has 5 atom stereocenters. The number of ether oxygens (including phenoxy) is 2. The molecule has 92 valence electrons. The number of hydrogen-bond acceptors (Lipinski definition) is 5. The van der Waals surface area contributed by atoms with Crippen LogP contribution in [0.2, 0.25) is 0 Å². The Hall–Kier alpha value is -1.53. The van der Waals surface area contributed by atoms with Gasteiger partial charge < -0.3 is 19.7 Å². The van der Waals surface area contributed by atoms with Crippen LogP contribution in [0.5, 0.6) is 0 Å². The van der Waals surface area contributed by atoms with E-state index in [1.807, 2.05) is 0 Å². The Balaban J connectivity index is 2.77. The van der Waals surface area contributed by atoms with Crippen LogP contribution >= 0.6 is 0 Å². The number of aliphatic hydroxyl groups is 2. The van der Waals surface area contributed by atoms with Gasteiger partial charge in [-0.05, 0) is 0 Å². The van der Waals surface area contributed by atoms with Crippen LogP contribution in [-0.4, -0.2) is 47.2 Å². The van der Waals surface area contributed by atoms with Crippen LogP contribution in [0.1, 0.15) is 6.92 Å². The largest absolute Gasteiger partial charge is 0.463 e. The van der Waals surface area contributed by atoms with E-state index in [2.05, 4.69) is 11.8 Å². The van der Waals surface area contributed by atoms with Crippen LogP contribution in [0.3, 0.4) is 0 Å². The van der Waals surface area contributed by atoms with Gasteiger partial charge in [-0.25, -0.2) is 0 Å². The minimum absolute atomic E-state index is 0.105. The van der Waals surface area contributed by atoms with Crippen LogP contribution in [-0.2, 0) is 14.3 Å². The standard InChI is InChI=1S/C12H14O5/c1-4-8-10(6-16-7(3)13)17-9(5-2)12(15)11(8)14/h1-2,8-12,14-15H,6H2,3H3/t8-,9-,10-,11+,12+/m1/s1. The number of hydrogen-bond donors (Lipinski definition) is 2. The number of terminal acetylenes is 2. The van der Waals surface area contributed by atoms with Crippen molar-refractivity contribution in [2.45, 2.75) is 31.3 Å². The van der Waals surface area contributed by atoms with Crippen molar-refractivity contribution in [3.05, 3.63) is 0 Å². The Morgan fingerprint density at radius 3 is 2.47 bits per heavy atom. The molecule has 0 unspecified atom stereocenters. The maximum absolute atomic E-state index is 10.7. The quantitative estimate of drug-likeness (QED) is 0.473. The van der Waals surface area contributed by atoms with E-state index in [1.165, 1.54) is 6.92 Å². The van der Waals surface area contributed by atoms with Crippen molar-refractivity contribution in [1.29, 1.82) is 0 Å². The summed E-state index contributed by atoms with van der Waals surface area (Å²) in [5, 5.41) is 19.4. The van der Waals surface area contributed by atoms with E-state index in [-0.39, 0.29) is 6.61 Å². The highest BCUT2D eigenvalue weighted by Gasteiger charge is 2.43. The van der Waals surface area contributed by atoms with Gasteiger partial charge in [-0.2, -0.15) is 0 Å². The Morgan fingerprint density at radius 2 is 2.00 bits per heavy atom. The summed E-state index contributed by atoms with van der Waals surface area (Å²) in [5.74, 6) is 3.26. The maximum atomic E-state index is 10.7. The summed E-state index contributed by atoms with van der Waals surface area (Å²) < 4.78 is 10.1. The average molecular weight is 238 g/mol. The molecule has 0 aromatic heterocycles. The predicted molar refractivity (Wildman–Crippen MR) is 58.5 cm³/mol. The molecule has 0 spiro atoms. The van der Waals surface area contributed by atoms with Gasteiger partial charge in [-0.15, -0.1) is 12.8 Å². The van der Waals surface area contributed by atoms with Gasteiger partial charge in [0.25, 0.3) is 0 Å². The van der Waals surface area contributed by atoms with E-state index < -0.39 is 36.3 Å². The van der Waals surface area contributed by atoms with E-state index >= 15 is 0 Å². The molecule has 17 heavy (non-hydrogen) atoms. The lowest BCUT2D eigenvalue weighted by molar-refractivity contribution is -0.185. The fourth-order valence-electron chi connectivity index (χ4n) is 1.65. The number of aliphatic hydroxyl groups excluding tert-OH is 2. The first-order valence-corrected chi connectivity index (χ1v) is 5.08. The van der Waals surface area contributed by atoms with Gasteiger partial charge >= 0.3 is 5.97 Å². The van der Waals surface area contributed by atoms with E-state index in [1.54, 1.807) is 0 Å². The van der Waals surface area contributed by atoms with Gasteiger partial charge in [0, 0.05) is 6.92 Å². The van der Waals surface area contributed by atoms with Crippen molar-refractivity contribution >= 4 is 5.97 Å². The lowest BCUT2D eigenvalue weighted by atomic mass is 9.87. The third-order valence-electron chi connectivity index (χ3n) is 2.56. The van der Waals surface area contributed by atoms with Gasteiger partial charge in [0.1, 0.15) is 24.9 Å². The van der Waals surface area contributed by atoms with Gasteiger partial charge in [0.2, 0.25) is 0 Å². The van der Waals surface area contributed by atoms with E-state index in [0.717, 1.165) is 0 Å².